The molecule has 0 fully saturated rings. The fourth-order valence-electron chi connectivity index (χ4n) is 1.28. The summed E-state index contributed by atoms with van der Waals surface area (Å²) in [6.07, 6.45) is 1.33. The standard InChI is InChI=1S/C9H8N4O3/c1-16-6-2-3-8(7(4-6)9(14)15)13-5-10-11-12-13/h2-5H,1H3,(H,14,15). The molecule has 82 valence electrons. The number of carboxylic acids is 1. The maximum absolute atomic E-state index is 11.0. The van der Waals surface area contributed by atoms with Gasteiger partial charge in [-0.15, -0.1) is 5.10 Å². The number of ether oxygens (including phenoxy) is 1. The van der Waals surface area contributed by atoms with Gasteiger partial charge < -0.3 is 9.84 Å². The van der Waals surface area contributed by atoms with Gasteiger partial charge in [0.05, 0.1) is 18.4 Å². The van der Waals surface area contributed by atoms with Gasteiger partial charge >= 0.3 is 5.97 Å². The van der Waals surface area contributed by atoms with Gasteiger partial charge in [0.1, 0.15) is 12.1 Å². The van der Waals surface area contributed by atoms with E-state index in [4.69, 9.17) is 9.84 Å². The third-order valence-corrected chi connectivity index (χ3v) is 2.03. The molecule has 0 saturated heterocycles. The molecule has 0 spiro atoms. The van der Waals surface area contributed by atoms with Crippen molar-refractivity contribution in [1.29, 1.82) is 0 Å². The Morgan fingerprint density at radius 1 is 1.50 bits per heavy atom. The second-order valence-electron chi connectivity index (χ2n) is 2.94. The Labute approximate surface area is 90.3 Å². The number of hydrogen-bond donors (Lipinski definition) is 1. The summed E-state index contributed by atoms with van der Waals surface area (Å²) >= 11 is 0. The molecule has 0 atom stereocenters. The first kappa shape index (κ1) is 10.1. The Balaban J connectivity index is 2.57. The minimum Gasteiger partial charge on any atom is -0.497 e. The van der Waals surface area contributed by atoms with Crippen molar-refractivity contribution < 1.29 is 14.6 Å². The van der Waals surface area contributed by atoms with Gasteiger partial charge in [-0.3, -0.25) is 0 Å². The van der Waals surface area contributed by atoms with Crippen LogP contribution in [0.1, 0.15) is 10.4 Å². The molecular formula is C9H8N4O3. The Bertz CT molecular complexity index is 509. The van der Waals surface area contributed by atoms with Crippen LogP contribution in [0.2, 0.25) is 0 Å². The number of carbonyl (C=O) groups is 1. The summed E-state index contributed by atoms with van der Waals surface area (Å²) in [5, 5.41) is 19.6. The van der Waals surface area contributed by atoms with Crippen LogP contribution in [-0.4, -0.2) is 38.4 Å². The highest BCUT2D eigenvalue weighted by atomic mass is 16.5. The van der Waals surface area contributed by atoms with Crippen molar-refractivity contribution in [3.8, 4) is 11.4 Å². The van der Waals surface area contributed by atoms with Crippen LogP contribution in [0.5, 0.6) is 5.75 Å². The Hall–Kier alpha value is -2.44. The van der Waals surface area contributed by atoms with Gasteiger partial charge in [-0.05, 0) is 28.6 Å². The topological polar surface area (TPSA) is 90.1 Å². The molecular weight excluding hydrogens is 212 g/mol. The van der Waals surface area contributed by atoms with Crippen molar-refractivity contribution in [1.82, 2.24) is 20.2 Å². The third-order valence-electron chi connectivity index (χ3n) is 2.03. The van der Waals surface area contributed by atoms with Crippen molar-refractivity contribution >= 4 is 5.97 Å². The summed E-state index contributed by atoms with van der Waals surface area (Å²) in [5.74, 6) is -0.598. The summed E-state index contributed by atoms with van der Waals surface area (Å²) in [6.45, 7) is 0. The fraction of sp³-hybridized carbons (Fsp3) is 0.111. The van der Waals surface area contributed by atoms with Crippen LogP contribution in [0.4, 0.5) is 0 Å². The van der Waals surface area contributed by atoms with E-state index in [1.165, 1.54) is 24.2 Å². The monoisotopic (exact) mass is 220 g/mol. The lowest BCUT2D eigenvalue weighted by molar-refractivity contribution is 0.0696. The second kappa shape index (κ2) is 3.97. The molecule has 0 amide bonds. The lowest BCUT2D eigenvalue weighted by Crippen LogP contribution is -2.06. The number of aromatic nitrogens is 4. The van der Waals surface area contributed by atoms with Crippen LogP contribution >= 0.6 is 0 Å². The second-order valence-corrected chi connectivity index (χ2v) is 2.94. The van der Waals surface area contributed by atoms with Crippen LogP contribution in [0.3, 0.4) is 0 Å². The average molecular weight is 220 g/mol. The molecule has 1 N–H and O–H groups in total. The highest BCUT2D eigenvalue weighted by Gasteiger charge is 2.13. The number of nitrogens with zero attached hydrogens (tertiary/aromatic N) is 4. The molecule has 1 aromatic carbocycles. The number of aromatic carboxylic acids is 1. The summed E-state index contributed by atoms with van der Waals surface area (Å²) < 4.78 is 6.23. The molecule has 0 radical (unpaired) electrons. The molecule has 16 heavy (non-hydrogen) atoms. The number of benzene rings is 1. The lowest BCUT2D eigenvalue weighted by Gasteiger charge is -2.06. The predicted molar refractivity (Wildman–Crippen MR) is 52.7 cm³/mol. The van der Waals surface area contributed by atoms with Crippen molar-refractivity contribution in [3.05, 3.63) is 30.1 Å². The number of tetrazole rings is 1. The zero-order valence-electron chi connectivity index (χ0n) is 8.36. The molecule has 1 aromatic heterocycles. The third kappa shape index (κ3) is 1.70. The van der Waals surface area contributed by atoms with Gasteiger partial charge in [0.25, 0.3) is 0 Å². The predicted octanol–water partition coefficient (Wildman–Crippen LogP) is 0.369. The van der Waals surface area contributed by atoms with Gasteiger partial charge in [-0.1, -0.05) is 0 Å². The van der Waals surface area contributed by atoms with Gasteiger partial charge in [0, 0.05) is 0 Å². The highest BCUT2D eigenvalue weighted by molar-refractivity contribution is 5.92. The molecule has 2 rings (SSSR count). The molecule has 0 aliphatic heterocycles. The summed E-state index contributed by atoms with van der Waals surface area (Å²) in [4.78, 5) is 11.0. The van der Waals surface area contributed by atoms with Crippen molar-refractivity contribution in [2.24, 2.45) is 0 Å². The van der Waals surface area contributed by atoms with E-state index < -0.39 is 5.97 Å². The van der Waals surface area contributed by atoms with Gasteiger partial charge in [0.15, 0.2) is 0 Å². The van der Waals surface area contributed by atoms with E-state index in [0.717, 1.165) is 0 Å². The van der Waals surface area contributed by atoms with Crippen LogP contribution < -0.4 is 4.74 Å². The molecule has 0 unspecified atom stereocenters. The van der Waals surface area contributed by atoms with E-state index in [2.05, 4.69) is 15.5 Å². The van der Waals surface area contributed by atoms with Crippen LogP contribution in [0.25, 0.3) is 5.69 Å². The molecule has 1 heterocycles. The van der Waals surface area contributed by atoms with E-state index in [9.17, 15) is 4.79 Å². The highest BCUT2D eigenvalue weighted by Crippen LogP contribution is 2.20. The SMILES string of the molecule is COc1ccc(-n2cnnn2)c(C(=O)O)c1. The molecule has 0 bridgehead atoms. The first-order valence-corrected chi connectivity index (χ1v) is 4.37. The molecule has 7 nitrogen and oxygen atoms in total. The largest absolute Gasteiger partial charge is 0.497 e. The maximum atomic E-state index is 11.0. The van der Waals surface area contributed by atoms with Crippen molar-refractivity contribution in [3.63, 3.8) is 0 Å². The molecule has 2 aromatic rings. The number of hydrogen-bond acceptors (Lipinski definition) is 5. The number of methoxy groups -OCH3 is 1. The van der Waals surface area contributed by atoms with E-state index in [-0.39, 0.29) is 5.56 Å². The van der Waals surface area contributed by atoms with E-state index in [0.29, 0.717) is 11.4 Å². The van der Waals surface area contributed by atoms with Gasteiger partial charge in [-0.25, -0.2) is 4.79 Å². The molecule has 0 aliphatic carbocycles. The van der Waals surface area contributed by atoms with Crippen LogP contribution in [-0.2, 0) is 0 Å². The zero-order valence-corrected chi connectivity index (χ0v) is 8.36. The summed E-state index contributed by atoms with van der Waals surface area (Å²) in [6, 6.07) is 4.64. The van der Waals surface area contributed by atoms with Crippen molar-refractivity contribution in [2.75, 3.05) is 7.11 Å². The van der Waals surface area contributed by atoms with Crippen molar-refractivity contribution in [2.45, 2.75) is 0 Å². The molecule has 0 aliphatic rings. The number of rotatable bonds is 3. The Morgan fingerprint density at radius 3 is 2.88 bits per heavy atom. The first-order valence-electron chi connectivity index (χ1n) is 4.37. The zero-order chi connectivity index (χ0) is 11.5. The maximum Gasteiger partial charge on any atom is 0.338 e. The van der Waals surface area contributed by atoms with Gasteiger partial charge in [0.2, 0.25) is 0 Å². The Kier molecular flexibility index (Phi) is 2.50. The Morgan fingerprint density at radius 2 is 2.31 bits per heavy atom. The minimum atomic E-state index is -1.07. The molecule has 0 saturated carbocycles. The lowest BCUT2D eigenvalue weighted by atomic mass is 10.1. The minimum absolute atomic E-state index is 0.0756. The van der Waals surface area contributed by atoms with Crippen LogP contribution in [0.15, 0.2) is 24.5 Å². The average Bonchev–Trinajstić information content (AvgIpc) is 2.81. The fourth-order valence-corrected chi connectivity index (χ4v) is 1.28. The van der Waals surface area contributed by atoms with E-state index >= 15 is 0 Å². The first-order chi connectivity index (χ1) is 7.72. The smallest absolute Gasteiger partial charge is 0.338 e. The quantitative estimate of drug-likeness (QED) is 0.803. The number of carboxylic acid groups (broad SMARTS) is 1. The van der Waals surface area contributed by atoms with Crippen LogP contribution in [0, 0.1) is 0 Å². The summed E-state index contributed by atoms with van der Waals surface area (Å²) in [5.41, 5.74) is 0.463. The van der Waals surface area contributed by atoms with E-state index in [1.54, 1.807) is 12.1 Å². The van der Waals surface area contributed by atoms with Gasteiger partial charge in [-0.2, -0.15) is 4.68 Å². The normalized spacial score (nSPS) is 10.1. The molecule has 7 heteroatoms. The summed E-state index contributed by atoms with van der Waals surface area (Å²) in [7, 11) is 1.47. The van der Waals surface area contributed by atoms with E-state index in [1.807, 2.05) is 0 Å².